The van der Waals surface area contributed by atoms with Crippen LogP contribution in [0.5, 0.6) is 5.75 Å². The molecule has 0 bridgehead atoms. The minimum absolute atomic E-state index is 0.0926. The summed E-state index contributed by atoms with van der Waals surface area (Å²) in [6.07, 6.45) is 2.99. The normalized spacial score (nSPS) is 12.8. The van der Waals surface area contributed by atoms with E-state index in [4.69, 9.17) is 4.74 Å². The highest BCUT2D eigenvalue weighted by Crippen LogP contribution is 2.26. The highest BCUT2D eigenvalue weighted by atomic mass is 79.9. The second kappa shape index (κ2) is 9.15. The number of pyridine rings is 1. The first-order chi connectivity index (χ1) is 14.6. The van der Waals surface area contributed by atoms with Crippen LogP contribution in [0.2, 0.25) is 0 Å². The number of rotatable bonds is 7. The Kier molecular flexibility index (Phi) is 6.15. The molecule has 30 heavy (non-hydrogen) atoms. The van der Waals surface area contributed by atoms with Crippen LogP contribution < -0.4 is 26.4 Å². The molecule has 154 valence electrons. The predicted molar refractivity (Wildman–Crippen MR) is 121 cm³/mol. The molecule has 0 amide bonds. The van der Waals surface area contributed by atoms with Gasteiger partial charge in [-0.15, -0.1) is 5.53 Å². The number of hydrazine groups is 2. The van der Waals surface area contributed by atoms with Crippen LogP contribution in [0.4, 0.5) is 5.69 Å². The van der Waals surface area contributed by atoms with Crippen molar-refractivity contribution in [3.05, 3.63) is 92.3 Å². The lowest BCUT2D eigenvalue weighted by Crippen LogP contribution is -2.41. The van der Waals surface area contributed by atoms with Crippen molar-refractivity contribution in [2.75, 3.05) is 5.01 Å². The van der Waals surface area contributed by atoms with Crippen LogP contribution in [0.3, 0.4) is 0 Å². The molecule has 2 aromatic carbocycles. The van der Waals surface area contributed by atoms with Crippen molar-refractivity contribution >= 4 is 28.0 Å². The summed E-state index contributed by atoms with van der Waals surface area (Å²) in [5.41, 5.74) is 8.95. The van der Waals surface area contributed by atoms with Gasteiger partial charge in [0.2, 0.25) is 0 Å². The Labute approximate surface area is 183 Å². The number of benzene rings is 2. The second-order valence-electron chi connectivity index (χ2n) is 6.94. The van der Waals surface area contributed by atoms with E-state index in [-0.39, 0.29) is 5.56 Å². The first kappa shape index (κ1) is 20.2. The average molecular weight is 468 g/mol. The third-order valence-electron chi connectivity index (χ3n) is 4.97. The lowest BCUT2D eigenvalue weighted by atomic mass is 10.1. The number of anilines is 1. The Morgan fingerprint density at radius 1 is 1.07 bits per heavy atom. The molecule has 7 nitrogen and oxygen atoms in total. The third-order valence-corrected chi connectivity index (χ3v) is 5.46. The van der Waals surface area contributed by atoms with Gasteiger partial charge in [-0.05, 0) is 54.3 Å². The van der Waals surface area contributed by atoms with Gasteiger partial charge in [0.05, 0.1) is 0 Å². The third kappa shape index (κ3) is 4.55. The van der Waals surface area contributed by atoms with E-state index in [9.17, 15) is 4.79 Å². The standard InChI is InChI=1S/C22H22BrN5O2/c1-27-19(10-11-20(22(27)29)28-15-24-25-26-28)9-7-17-13-18(23)8-12-21(17)30-14-16-5-3-2-4-6-16/h2-6,8,10-13,15,25-26H,7,9,14H2,1H3. The molecule has 0 saturated carbocycles. The SMILES string of the molecule is Cn1c(CCc2cc(Br)ccc2OCc2ccccc2)ccc(N2C=NNN2)c1=O. The summed E-state index contributed by atoms with van der Waals surface area (Å²) in [6, 6.07) is 19.9. The molecule has 3 aromatic rings. The van der Waals surface area contributed by atoms with Gasteiger partial charge in [-0.2, -0.15) is 5.10 Å². The Hall–Kier alpha value is -3.10. The first-order valence-corrected chi connectivity index (χ1v) is 10.4. The summed E-state index contributed by atoms with van der Waals surface area (Å²) >= 11 is 3.55. The van der Waals surface area contributed by atoms with Crippen LogP contribution in [0, 0.1) is 0 Å². The molecule has 0 spiro atoms. The quantitative estimate of drug-likeness (QED) is 0.557. The monoisotopic (exact) mass is 467 g/mol. The van der Waals surface area contributed by atoms with Gasteiger partial charge in [0.1, 0.15) is 24.4 Å². The fourth-order valence-electron chi connectivity index (χ4n) is 3.30. The number of hydrazone groups is 1. The number of hydrogen-bond donors (Lipinski definition) is 2. The number of nitrogens with one attached hydrogen (secondary N) is 2. The van der Waals surface area contributed by atoms with Gasteiger partial charge in [-0.25, -0.2) is 10.5 Å². The topological polar surface area (TPSA) is 70.9 Å². The molecule has 0 atom stereocenters. The first-order valence-electron chi connectivity index (χ1n) is 9.59. The highest BCUT2D eigenvalue weighted by molar-refractivity contribution is 9.10. The molecule has 0 fully saturated rings. The molecule has 2 N–H and O–H groups in total. The molecule has 0 unspecified atom stereocenters. The van der Waals surface area contributed by atoms with Crippen molar-refractivity contribution in [2.24, 2.45) is 12.1 Å². The van der Waals surface area contributed by atoms with Gasteiger partial charge in [-0.1, -0.05) is 46.3 Å². The lowest BCUT2D eigenvalue weighted by molar-refractivity contribution is 0.303. The Morgan fingerprint density at radius 3 is 2.67 bits per heavy atom. The molecule has 1 aromatic heterocycles. The summed E-state index contributed by atoms with van der Waals surface area (Å²) < 4.78 is 8.75. The zero-order valence-electron chi connectivity index (χ0n) is 16.5. The lowest BCUT2D eigenvalue weighted by Gasteiger charge is -2.16. The van der Waals surface area contributed by atoms with Gasteiger partial charge in [0.15, 0.2) is 0 Å². The van der Waals surface area contributed by atoms with Gasteiger partial charge in [0.25, 0.3) is 5.56 Å². The summed E-state index contributed by atoms with van der Waals surface area (Å²) in [5, 5.41) is 5.39. The van der Waals surface area contributed by atoms with E-state index >= 15 is 0 Å². The average Bonchev–Trinajstić information content (AvgIpc) is 3.29. The molecular formula is C22H22BrN5O2. The minimum Gasteiger partial charge on any atom is -0.489 e. The van der Waals surface area contributed by atoms with Crippen molar-refractivity contribution in [1.29, 1.82) is 0 Å². The van der Waals surface area contributed by atoms with Gasteiger partial charge in [-0.3, -0.25) is 4.79 Å². The summed E-state index contributed by atoms with van der Waals surface area (Å²) in [5.74, 6) is 0.854. The summed E-state index contributed by atoms with van der Waals surface area (Å²) in [7, 11) is 1.79. The van der Waals surface area contributed by atoms with Crippen LogP contribution in [0.1, 0.15) is 16.8 Å². The molecule has 0 saturated heterocycles. The minimum atomic E-state index is -0.0926. The van der Waals surface area contributed by atoms with Crippen molar-refractivity contribution < 1.29 is 4.74 Å². The van der Waals surface area contributed by atoms with E-state index in [1.165, 1.54) is 6.34 Å². The Bertz CT molecular complexity index is 1110. The van der Waals surface area contributed by atoms with Crippen LogP contribution in [-0.4, -0.2) is 10.9 Å². The summed E-state index contributed by atoms with van der Waals surface area (Å²) in [6.45, 7) is 0.515. The van der Waals surface area contributed by atoms with E-state index in [0.717, 1.165) is 33.5 Å². The summed E-state index contributed by atoms with van der Waals surface area (Å²) in [4.78, 5) is 12.7. The smallest absolute Gasteiger partial charge is 0.275 e. The molecule has 0 aliphatic carbocycles. The molecule has 0 radical (unpaired) electrons. The molecule has 8 heteroatoms. The van der Waals surface area contributed by atoms with Gasteiger partial charge >= 0.3 is 0 Å². The molecular weight excluding hydrogens is 446 g/mol. The Morgan fingerprint density at radius 2 is 1.90 bits per heavy atom. The van der Waals surface area contributed by atoms with Gasteiger partial charge in [0, 0.05) is 17.2 Å². The number of aryl methyl sites for hydroxylation is 2. The fraction of sp³-hybridized carbons (Fsp3) is 0.182. The van der Waals surface area contributed by atoms with E-state index in [1.54, 1.807) is 22.7 Å². The van der Waals surface area contributed by atoms with Crippen molar-refractivity contribution in [2.45, 2.75) is 19.4 Å². The van der Waals surface area contributed by atoms with Crippen molar-refractivity contribution in [1.82, 2.24) is 15.6 Å². The van der Waals surface area contributed by atoms with Crippen molar-refractivity contribution in [3.8, 4) is 5.75 Å². The number of ether oxygens (including phenoxy) is 1. The second-order valence-corrected chi connectivity index (χ2v) is 7.85. The van der Waals surface area contributed by atoms with E-state index in [0.29, 0.717) is 18.7 Å². The molecule has 1 aliphatic heterocycles. The largest absolute Gasteiger partial charge is 0.489 e. The van der Waals surface area contributed by atoms with Crippen molar-refractivity contribution in [3.63, 3.8) is 0 Å². The number of halogens is 1. The van der Waals surface area contributed by atoms with E-state index < -0.39 is 0 Å². The predicted octanol–water partition coefficient (Wildman–Crippen LogP) is 3.28. The maximum atomic E-state index is 12.7. The number of hydrogen-bond acceptors (Lipinski definition) is 6. The number of nitrogens with zero attached hydrogens (tertiary/aromatic N) is 3. The zero-order chi connectivity index (χ0) is 20.9. The van der Waals surface area contributed by atoms with E-state index in [2.05, 4.69) is 38.2 Å². The maximum absolute atomic E-state index is 12.7. The van der Waals surface area contributed by atoms with Crippen LogP contribution in [0.25, 0.3) is 0 Å². The van der Waals surface area contributed by atoms with Crippen LogP contribution in [-0.2, 0) is 26.5 Å². The molecule has 4 rings (SSSR count). The molecule has 2 heterocycles. The maximum Gasteiger partial charge on any atom is 0.275 e. The van der Waals surface area contributed by atoms with E-state index in [1.807, 2.05) is 48.5 Å². The molecule has 1 aliphatic rings. The number of aromatic nitrogens is 1. The Balaban J connectivity index is 1.49. The van der Waals surface area contributed by atoms with Gasteiger partial charge < -0.3 is 9.30 Å². The zero-order valence-corrected chi connectivity index (χ0v) is 18.1. The van der Waals surface area contributed by atoms with Crippen LogP contribution in [0.15, 0.2) is 75.0 Å². The highest BCUT2D eigenvalue weighted by Gasteiger charge is 2.15. The van der Waals surface area contributed by atoms with Crippen LogP contribution >= 0.6 is 15.9 Å². The fourth-order valence-corrected chi connectivity index (χ4v) is 3.71.